The number of anilines is 1. The molecule has 0 unspecified atom stereocenters. The van der Waals surface area contributed by atoms with E-state index in [0.29, 0.717) is 11.1 Å². The number of nitrogens with two attached hydrogens (primary N) is 1. The number of halogens is 1. The van der Waals surface area contributed by atoms with Crippen molar-refractivity contribution in [3.05, 3.63) is 34.8 Å². The Morgan fingerprint density at radius 1 is 1.35 bits per heavy atom. The molecule has 0 amide bonds. The first kappa shape index (κ1) is 10.5. The van der Waals surface area contributed by atoms with Crippen LogP contribution in [0.25, 0.3) is 10.9 Å². The van der Waals surface area contributed by atoms with E-state index in [2.05, 4.69) is 10.4 Å². The number of nitrogen functional groups attached to an aromatic ring is 1. The van der Waals surface area contributed by atoms with Crippen molar-refractivity contribution in [2.24, 2.45) is 5.84 Å². The topological polar surface area (TPSA) is 50.9 Å². The zero-order chi connectivity index (χ0) is 12.0. The highest BCUT2D eigenvalue weighted by Crippen LogP contribution is 2.34. The number of fused-ring (bicyclic) bond motifs is 2. The maximum Gasteiger partial charge on any atom is 0.128 e. The number of nitrogens with one attached hydrogen (secondary N) is 1. The van der Waals surface area contributed by atoms with Gasteiger partial charge in [-0.3, -0.25) is 10.8 Å². The summed E-state index contributed by atoms with van der Waals surface area (Å²) in [6.45, 7) is 1.75. The first-order chi connectivity index (χ1) is 8.20. The van der Waals surface area contributed by atoms with E-state index < -0.39 is 0 Å². The van der Waals surface area contributed by atoms with Crippen molar-refractivity contribution in [1.82, 2.24) is 4.98 Å². The lowest BCUT2D eigenvalue weighted by Crippen LogP contribution is -2.11. The van der Waals surface area contributed by atoms with Gasteiger partial charge in [-0.2, -0.15) is 0 Å². The van der Waals surface area contributed by atoms with Crippen molar-refractivity contribution >= 4 is 16.6 Å². The molecule has 1 aliphatic carbocycles. The van der Waals surface area contributed by atoms with Crippen molar-refractivity contribution in [3.63, 3.8) is 0 Å². The highest BCUT2D eigenvalue weighted by atomic mass is 19.1. The van der Waals surface area contributed by atoms with Gasteiger partial charge < -0.3 is 5.43 Å². The van der Waals surface area contributed by atoms with Gasteiger partial charge in [0.2, 0.25) is 0 Å². The van der Waals surface area contributed by atoms with Gasteiger partial charge in [0.25, 0.3) is 0 Å². The number of hydrogen-bond acceptors (Lipinski definition) is 3. The number of rotatable bonds is 1. The average Bonchev–Trinajstić information content (AvgIpc) is 2.75. The highest BCUT2D eigenvalue weighted by molar-refractivity contribution is 5.94. The molecule has 17 heavy (non-hydrogen) atoms. The van der Waals surface area contributed by atoms with Crippen LogP contribution in [0.1, 0.15) is 23.2 Å². The van der Waals surface area contributed by atoms with Gasteiger partial charge >= 0.3 is 0 Å². The number of aryl methyl sites for hydroxylation is 2. The third-order valence-corrected chi connectivity index (χ3v) is 3.44. The second-order valence-corrected chi connectivity index (χ2v) is 4.53. The van der Waals surface area contributed by atoms with Crippen molar-refractivity contribution in [2.75, 3.05) is 5.43 Å². The molecule has 0 atom stereocenters. The third-order valence-electron chi connectivity index (χ3n) is 3.44. The van der Waals surface area contributed by atoms with E-state index in [1.54, 1.807) is 6.92 Å². The van der Waals surface area contributed by atoms with Crippen LogP contribution >= 0.6 is 0 Å². The largest absolute Gasteiger partial charge is 0.323 e. The van der Waals surface area contributed by atoms with Crippen LogP contribution in [0.15, 0.2) is 12.1 Å². The zero-order valence-electron chi connectivity index (χ0n) is 9.68. The molecule has 0 fully saturated rings. The molecule has 3 rings (SSSR count). The Bertz CT molecular complexity index is 607. The van der Waals surface area contributed by atoms with Crippen LogP contribution in [0.4, 0.5) is 10.1 Å². The van der Waals surface area contributed by atoms with Gasteiger partial charge in [0.1, 0.15) is 5.82 Å². The first-order valence-corrected chi connectivity index (χ1v) is 5.79. The van der Waals surface area contributed by atoms with Crippen LogP contribution in [0.3, 0.4) is 0 Å². The summed E-state index contributed by atoms with van der Waals surface area (Å²) in [5.74, 6) is 5.39. The Labute approximate surface area is 98.8 Å². The van der Waals surface area contributed by atoms with Gasteiger partial charge in [-0.15, -0.1) is 0 Å². The molecule has 4 heteroatoms. The number of benzene rings is 1. The molecule has 0 radical (unpaired) electrons. The molecular weight excluding hydrogens is 217 g/mol. The minimum atomic E-state index is -0.217. The summed E-state index contributed by atoms with van der Waals surface area (Å²) in [4.78, 5) is 4.53. The van der Waals surface area contributed by atoms with E-state index in [1.165, 1.54) is 11.6 Å². The monoisotopic (exact) mass is 231 g/mol. The van der Waals surface area contributed by atoms with Crippen molar-refractivity contribution in [2.45, 2.75) is 26.2 Å². The molecule has 1 aliphatic rings. The molecule has 2 aromatic rings. The molecule has 0 aliphatic heterocycles. The van der Waals surface area contributed by atoms with E-state index in [9.17, 15) is 4.39 Å². The number of aromatic nitrogens is 1. The number of hydrogen-bond donors (Lipinski definition) is 2. The molecule has 0 saturated carbocycles. The van der Waals surface area contributed by atoms with Gasteiger partial charge in [-0.05, 0) is 43.4 Å². The lowest BCUT2D eigenvalue weighted by atomic mass is 10.0. The summed E-state index contributed by atoms with van der Waals surface area (Å²) < 4.78 is 13.5. The minimum absolute atomic E-state index is 0.217. The Hall–Kier alpha value is -1.68. The lowest BCUT2D eigenvalue weighted by Gasteiger charge is -2.12. The van der Waals surface area contributed by atoms with E-state index in [-0.39, 0.29) is 5.82 Å². The van der Waals surface area contributed by atoms with Gasteiger partial charge in [0.15, 0.2) is 0 Å². The third kappa shape index (κ3) is 1.48. The molecule has 3 N–H and O–H groups in total. The molecule has 1 aromatic carbocycles. The van der Waals surface area contributed by atoms with Crippen LogP contribution < -0.4 is 11.3 Å². The maximum atomic E-state index is 13.5. The fraction of sp³-hybridized carbons (Fsp3) is 0.308. The molecule has 0 spiro atoms. The van der Waals surface area contributed by atoms with Crippen molar-refractivity contribution in [1.29, 1.82) is 0 Å². The van der Waals surface area contributed by atoms with E-state index in [1.807, 2.05) is 6.07 Å². The normalized spacial score (nSPS) is 14.1. The van der Waals surface area contributed by atoms with Crippen LogP contribution in [-0.4, -0.2) is 4.98 Å². The van der Waals surface area contributed by atoms with Crippen LogP contribution in [0, 0.1) is 12.7 Å². The Morgan fingerprint density at radius 2 is 2.18 bits per heavy atom. The van der Waals surface area contributed by atoms with Gasteiger partial charge in [0.05, 0.1) is 11.2 Å². The summed E-state index contributed by atoms with van der Waals surface area (Å²) >= 11 is 0. The lowest BCUT2D eigenvalue weighted by molar-refractivity contribution is 0.620. The fourth-order valence-electron chi connectivity index (χ4n) is 2.56. The smallest absolute Gasteiger partial charge is 0.128 e. The average molecular weight is 231 g/mol. The standard InChI is InChI=1S/C13H14FN3/c1-7-5-9-12(6-10(7)14)16-11-4-2-3-8(11)13(9)17-15/h5-6H,2-4,15H2,1H3,(H,16,17). The molecular formula is C13H14FN3. The van der Waals surface area contributed by atoms with Crippen LogP contribution in [-0.2, 0) is 12.8 Å². The Kier molecular flexibility index (Phi) is 2.26. The van der Waals surface area contributed by atoms with E-state index >= 15 is 0 Å². The summed E-state index contributed by atoms with van der Waals surface area (Å²) in [7, 11) is 0. The Balaban J connectivity index is 2.41. The summed E-state index contributed by atoms with van der Waals surface area (Å²) in [6.07, 6.45) is 3.04. The minimum Gasteiger partial charge on any atom is -0.323 e. The quantitative estimate of drug-likeness (QED) is 0.585. The molecule has 3 nitrogen and oxygen atoms in total. The second-order valence-electron chi connectivity index (χ2n) is 4.53. The summed E-state index contributed by atoms with van der Waals surface area (Å²) in [5, 5.41) is 0.909. The summed E-state index contributed by atoms with van der Waals surface area (Å²) in [6, 6.07) is 3.30. The fourth-order valence-corrected chi connectivity index (χ4v) is 2.56. The Morgan fingerprint density at radius 3 is 2.94 bits per heavy atom. The number of hydrazine groups is 1. The predicted molar refractivity (Wildman–Crippen MR) is 66.3 cm³/mol. The SMILES string of the molecule is Cc1cc2c(NN)c3c(nc2cc1F)CCC3. The molecule has 1 aromatic heterocycles. The molecule has 88 valence electrons. The van der Waals surface area contributed by atoms with Gasteiger partial charge in [-0.25, -0.2) is 4.39 Å². The van der Waals surface area contributed by atoms with Crippen molar-refractivity contribution < 1.29 is 4.39 Å². The van der Waals surface area contributed by atoms with Crippen LogP contribution in [0.5, 0.6) is 0 Å². The summed E-state index contributed by atoms with van der Waals surface area (Å²) in [5.41, 5.74) is 7.20. The first-order valence-electron chi connectivity index (χ1n) is 5.79. The van der Waals surface area contributed by atoms with E-state index in [4.69, 9.17) is 5.84 Å². The zero-order valence-corrected chi connectivity index (χ0v) is 9.68. The van der Waals surface area contributed by atoms with Crippen molar-refractivity contribution in [3.8, 4) is 0 Å². The highest BCUT2D eigenvalue weighted by Gasteiger charge is 2.19. The number of nitrogens with zero attached hydrogens (tertiary/aromatic N) is 1. The van der Waals surface area contributed by atoms with Crippen LogP contribution in [0.2, 0.25) is 0 Å². The molecule has 1 heterocycles. The van der Waals surface area contributed by atoms with Gasteiger partial charge in [-0.1, -0.05) is 0 Å². The predicted octanol–water partition coefficient (Wildman–Crippen LogP) is 2.46. The van der Waals surface area contributed by atoms with E-state index in [0.717, 1.165) is 36.0 Å². The second kappa shape index (κ2) is 3.67. The maximum absolute atomic E-state index is 13.5. The van der Waals surface area contributed by atoms with Gasteiger partial charge in [0, 0.05) is 17.1 Å². The molecule has 0 bridgehead atoms. The molecule has 0 saturated heterocycles. The number of pyridine rings is 1.